The number of aliphatic carboxylic acids is 1. The van der Waals surface area contributed by atoms with Crippen molar-refractivity contribution in [3.63, 3.8) is 0 Å². The third kappa shape index (κ3) is 5.66. The molecule has 4 rings (SSSR count). The third-order valence-corrected chi connectivity index (χ3v) is 5.79. The predicted octanol–water partition coefficient (Wildman–Crippen LogP) is 6.01. The average molecular weight is 465 g/mol. The first-order valence-electron chi connectivity index (χ1n) is 11.3. The minimum absolute atomic E-state index is 0.0883. The standard InChI is InChI=1S/C29H24N2O4/c1-19(25-8-4-6-21-5-2-3-7-26(21)25)31-29(34)27-17-24(15-11-22(27)12-16-28(32)33)35-23-13-9-20(18-30)10-14-23/h2-11,13-15,17,19H,12,16H2,1H3,(H,31,34)(H,32,33)/t19-/m1/s1. The first-order valence-corrected chi connectivity index (χ1v) is 11.3. The Morgan fingerprint density at radius 3 is 2.43 bits per heavy atom. The zero-order valence-corrected chi connectivity index (χ0v) is 19.2. The molecule has 2 N–H and O–H groups in total. The van der Waals surface area contributed by atoms with Crippen molar-refractivity contribution in [2.45, 2.75) is 25.8 Å². The van der Waals surface area contributed by atoms with E-state index in [9.17, 15) is 9.59 Å². The van der Waals surface area contributed by atoms with Gasteiger partial charge in [-0.3, -0.25) is 9.59 Å². The second-order valence-corrected chi connectivity index (χ2v) is 8.21. The normalized spacial score (nSPS) is 11.4. The minimum Gasteiger partial charge on any atom is -0.481 e. The van der Waals surface area contributed by atoms with Crippen LogP contribution in [0.15, 0.2) is 84.9 Å². The van der Waals surface area contributed by atoms with Crippen molar-refractivity contribution in [1.82, 2.24) is 5.32 Å². The molecule has 4 aromatic carbocycles. The van der Waals surface area contributed by atoms with Gasteiger partial charge in [0.1, 0.15) is 11.5 Å². The van der Waals surface area contributed by atoms with Gasteiger partial charge in [-0.1, -0.05) is 48.5 Å². The van der Waals surface area contributed by atoms with Crippen molar-refractivity contribution < 1.29 is 19.4 Å². The Labute approximate surface area is 203 Å². The Balaban J connectivity index is 1.61. The van der Waals surface area contributed by atoms with Gasteiger partial charge < -0.3 is 15.2 Å². The van der Waals surface area contributed by atoms with Crippen molar-refractivity contribution in [3.05, 3.63) is 107 Å². The Morgan fingerprint density at radius 1 is 0.971 bits per heavy atom. The number of hydrogen-bond acceptors (Lipinski definition) is 4. The quantitative estimate of drug-likeness (QED) is 0.333. The summed E-state index contributed by atoms with van der Waals surface area (Å²) >= 11 is 0. The molecule has 0 aliphatic carbocycles. The summed E-state index contributed by atoms with van der Waals surface area (Å²) in [5.41, 5.74) is 2.50. The lowest BCUT2D eigenvalue weighted by atomic mass is 9.98. The molecule has 0 spiro atoms. The fourth-order valence-electron chi connectivity index (χ4n) is 4.00. The number of rotatable bonds is 8. The van der Waals surface area contributed by atoms with E-state index >= 15 is 0 Å². The zero-order valence-electron chi connectivity index (χ0n) is 19.2. The maximum absolute atomic E-state index is 13.4. The second-order valence-electron chi connectivity index (χ2n) is 8.21. The van der Waals surface area contributed by atoms with E-state index in [0.717, 1.165) is 16.3 Å². The molecule has 174 valence electrons. The van der Waals surface area contributed by atoms with Crippen molar-refractivity contribution in [2.24, 2.45) is 0 Å². The number of carboxylic acid groups (broad SMARTS) is 1. The van der Waals surface area contributed by atoms with Crippen LogP contribution in [0.1, 0.15) is 46.4 Å². The monoisotopic (exact) mass is 464 g/mol. The Hall–Kier alpha value is -4.63. The van der Waals surface area contributed by atoms with Gasteiger partial charge in [-0.05, 0) is 71.6 Å². The van der Waals surface area contributed by atoms with Crippen molar-refractivity contribution in [3.8, 4) is 17.6 Å². The number of fused-ring (bicyclic) bond motifs is 1. The molecule has 0 unspecified atom stereocenters. The number of ether oxygens (including phenoxy) is 1. The Bertz CT molecular complexity index is 1420. The molecule has 0 aliphatic rings. The molecule has 0 saturated heterocycles. The molecule has 0 bridgehead atoms. The first-order chi connectivity index (χ1) is 16.9. The van der Waals surface area contributed by atoms with Gasteiger partial charge in [0.2, 0.25) is 0 Å². The third-order valence-electron chi connectivity index (χ3n) is 5.79. The first kappa shape index (κ1) is 23.5. The molecule has 0 radical (unpaired) electrons. The van der Waals surface area contributed by atoms with E-state index in [0.29, 0.717) is 28.2 Å². The minimum atomic E-state index is -0.932. The number of nitriles is 1. The van der Waals surface area contributed by atoms with E-state index in [1.54, 1.807) is 42.5 Å². The topological polar surface area (TPSA) is 99.4 Å². The highest BCUT2D eigenvalue weighted by atomic mass is 16.5. The molecule has 1 atom stereocenters. The number of nitrogens with one attached hydrogen (secondary N) is 1. The van der Waals surface area contributed by atoms with Crippen molar-refractivity contribution >= 4 is 22.6 Å². The highest BCUT2D eigenvalue weighted by Crippen LogP contribution is 2.27. The van der Waals surface area contributed by atoms with Crippen molar-refractivity contribution in [1.29, 1.82) is 5.26 Å². The van der Waals surface area contributed by atoms with Crippen LogP contribution in [0.25, 0.3) is 10.8 Å². The number of carboxylic acids is 1. The van der Waals surface area contributed by atoms with Gasteiger partial charge >= 0.3 is 5.97 Å². The summed E-state index contributed by atoms with van der Waals surface area (Å²) in [6, 6.07) is 27.5. The van der Waals surface area contributed by atoms with E-state index in [4.69, 9.17) is 15.1 Å². The molecule has 4 aromatic rings. The van der Waals surface area contributed by atoms with Crippen LogP contribution in [-0.4, -0.2) is 17.0 Å². The summed E-state index contributed by atoms with van der Waals surface area (Å²) in [4.78, 5) is 24.5. The van der Waals surface area contributed by atoms with E-state index in [-0.39, 0.29) is 24.8 Å². The van der Waals surface area contributed by atoms with Gasteiger partial charge in [0, 0.05) is 12.0 Å². The van der Waals surface area contributed by atoms with Gasteiger partial charge in [0.25, 0.3) is 5.91 Å². The largest absolute Gasteiger partial charge is 0.481 e. The number of amides is 1. The zero-order chi connectivity index (χ0) is 24.8. The van der Waals surface area contributed by atoms with Crippen LogP contribution in [0.4, 0.5) is 0 Å². The molecule has 0 fully saturated rings. The van der Waals surface area contributed by atoms with Gasteiger partial charge in [0.05, 0.1) is 17.7 Å². The molecule has 6 nitrogen and oxygen atoms in total. The van der Waals surface area contributed by atoms with E-state index < -0.39 is 5.97 Å². The molecule has 0 heterocycles. The number of carbonyl (C=O) groups excluding carboxylic acids is 1. The number of aryl methyl sites for hydroxylation is 1. The number of nitrogens with zero attached hydrogens (tertiary/aromatic N) is 1. The predicted molar refractivity (Wildman–Crippen MR) is 133 cm³/mol. The Morgan fingerprint density at radius 2 is 1.69 bits per heavy atom. The summed E-state index contributed by atoms with van der Waals surface area (Å²) in [5.74, 6) is -0.274. The lowest BCUT2D eigenvalue weighted by molar-refractivity contribution is -0.136. The number of hydrogen-bond donors (Lipinski definition) is 2. The molecule has 0 aliphatic heterocycles. The highest BCUT2D eigenvalue weighted by molar-refractivity contribution is 5.97. The molecule has 0 aromatic heterocycles. The summed E-state index contributed by atoms with van der Waals surface area (Å²) in [7, 11) is 0. The number of carbonyl (C=O) groups is 2. The fourth-order valence-corrected chi connectivity index (χ4v) is 4.00. The maximum Gasteiger partial charge on any atom is 0.303 e. The summed E-state index contributed by atoms with van der Waals surface area (Å²) in [5, 5.41) is 23.3. The maximum atomic E-state index is 13.4. The van der Waals surface area contributed by atoms with Crippen LogP contribution in [0.5, 0.6) is 11.5 Å². The fraction of sp³-hybridized carbons (Fsp3) is 0.138. The summed E-state index contributed by atoms with van der Waals surface area (Å²) in [6.07, 6.45) is 0.132. The van der Waals surface area contributed by atoms with E-state index in [2.05, 4.69) is 11.4 Å². The lowest BCUT2D eigenvalue weighted by Crippen LogP contribution is -2.27. The van der Waals surface area contributed by atoms with Crippen LogP contribution in [0.3, 0.4) is 0 Å². The highest BCUT2D eigenvalue weighted by Gasteiger charge is 2.18. The van der Waals surface area contributed by atoms with E-state index in [1.165, 1.54) is 0 Å². The molecular formula is C29H24N2O4. The Kier molecular flexibility index (Phi) is 7.08. The van der Waals surface area contributed by atoms with E-state index in [1.807, 2.05) is 49.4 Å². The van der Waals surface area contributed by atoms with Crippen LogP contribution in [0.2, 0.25) is 0 Å². The molecule has 6 heteroatoms. The smallest absolute Gasteiger partial charge is 0.303 e. The van der Waals surface area contributed by atoms with Crippen LogP contribution >= 0.6 is 0 Å². The van der Waals surface area contributed by atoms with Gasteiger partial charge in [0.15, 0.2) is 0 Å². The molecule has 0 saturated carbocycles. The molecule has 35 heavy (non-hydrogen) atoms. The summed E-state index contributed by atoms with van der Waals surface area (Å²) in [6.45, 7) is 1.92. The van der Waals surface area contributed by atoms with Gasteiger partial charge in [-0.2, -0.15) is 5.26 Å². The molecule has 1 amide bonds. The summed E-state index contributed by atoms with van der Waals surface area (Å²) < 4.78 is 5.89. The SMILES string of the molecule is C[C@@H](NC(=O)c1cc(Oc2ccc(C#N)cc2)ccc1CCC(=O)O)c1cccc2ccccc12. The van der Waals surface area contributed by atoms with Crippen LogP contribution in [-0.2, 0) is 11.2 Å². The van der Waals surface area contributed by atoms with Crippen LogP contribution in [0, 0.1) is 11.3 Å². The number of benzene rings is 4. The second kappa shape index (κ2) is 10.5. The van der Waals surface area contributed by atoms with Crippen molar-refractivity contribution in [2.75, 3.05) is 0 Å². The van der Waals surface area contributed by atoms with Gasteiger partial charge in [-0.15, -0.1) is 0 Å². The van der Waals surface area contributed by atoms with Gasteiger partial charge in [-0.25, -0.2) is 0 Å². The molecular weight excluding hydrogens is 440 g/mol. The lowest BCUT2D eigenvalue weighted by Gasteiger charge is -2.18. The average Bonchev–Trinajstić information content (AvgIpc) is 2.87. The van der Waals surface area contributed by atoms with Crippen LogP contribution < -0.4 is 10.1 Å².